The van der Waals surface area contributed by atoms with Gasteiger partial charge in [-0.3, -0.25) is 4.79 Å². The number of aromatic nitrogens is 2. The van der Waals surface area contributed by atoms with Crippen LogP contribution in [0.4, 0.5) is 0 Å². The van der Waals surface area contributed by atoms with Gasteiger partial charge in [0.1, 0.15) is 12.4 Å². The molecule has 0 atom stereocenters. The molecule has 21 heavy (non-hydrogen) atoms. The maximum Gasteiger partial charge on any atom is 0.251 e. The molecule has 6 heteroatoms. The molecule has 1 heterocycles. The molecule has 0 saturated heterocycles. The second kappa shape index (κ2) is 7.53. The van der Waals surface area contributed by atoms with Crippen molar-refractivity contribution in [3.05, 3.63) is 51.9 Å². The van der Waals surface area contributed by atoms with Crippen LogP contribution in [0.25, 0.3) is 0 Å². The van der Waals surface area contributed by atoms with E-state index in [1.54, 1.807) is 7.11 Å². The minimum absolute atomic E-state index is 0.182. The van der Waals surface area contributed by atoms with Crippen molar-refractivity contribution in [2.75, 3.05) is 13.7 Å². The quantitative estimate of drug-likeness (QED) is 0.507. The fourth-order valence-corrected chi connectivity index (χ4v) is 2.48. The highest BCUT2D eigenvalue weighted by Gasteiger charge is 2.05. The lowest BCUT2D eigenvalue weighted by molar-refractivity contribution is 0.350. The van der Waals surface area contributed by atoms with Crippen molar-refractivity contribution in [1.82, 2.24) is 9.97 Å². The largest absolute Gasteiger partial charge is 0.497 e. The molecule has 0 aliphatic carbocycles. The summed E-state index contributed by atoms with van der Waals surface area (Å²) in [6, 6.07) is 6.92. The molecule has 0 bridgehead atoms. The monoisotopic (exact) mass is 302 g/mol. The summed E-state index contributed by atoms with van der Waals surface area (Å²) in [7, 11) is 1.60. The van der Waals surface area contributed by atoms with Crippen LogP contribution >= 0.6 is 11.8 Å². The molecule has 0 aliphatic heterocycles. The first-order valence-electron chi connectivity index (χ1n) is 6.17. The molecular formula is C15H14N2O3S. The first-order chi connectivity index (χ1) is 10.2. The van der Waals surface area contributed by atoms with E-state index in [4.69, 9.17) is 9.84 Å². The lowest BCUT2D eigenvalue weighted by Gasteiger charge is -2.07. The summed E-state index contributed by atoms with van der Waals surface area (Å²) in [6.45, 7) is -0.188. The van der Waals surface area contributed by atoms with Gasteiger partial charge in [-0.1, -0.05) is 23.6 Å². The predicted molar refractivity (Wildman–Crippen MR) is 81.4 cm³/mol. The molecule has 2 rings (SSSR count). The van der Waals surface area contributed by atoms with E-state index in [9.17, 15) is 4.79 Å². The van der Waals surface area contributed by atoms with Gasteiger partial charge in [0.15, 0.2) is 5.16 Å². The summed E-state index contributed by atoms with van der Waals surface area (Å²) in [5.41, 5.74) is 1.58. The maximum absolute atomic E-state index is 11.2. The van der Waals surface area contributed by atoms with Gasteiger partial charge < -0.3 is 14.8 Å². The Hall–Kier alpha value is -2.23. The molecule has 0 saturated carbocycles. The van der Waals surface area contributed by atoms with Crippen molar-refractivity contribution in [3.63, 3.8) is 0 Å². The molecule has 1 aromatic heterocycles. The zero-order valence-electron chi connectivity index (χ0n) is 11.4. The zero-order valence-corrected chi connectivity index (χ0v) is 12.2. The van der Waals surface area contributed by atoms with Crippen LogP contribution in [-0.4, -0.2) is 28.8 Å². The smallest absolute Gasteiger partial charge is 0.251 e. The van der Waals surface area contributed by atoms with E-state index in [2.05, 4.69) is 21.8 Å². The molecule has 0 aliphatic rings. The minimum Gasteiger partial charge on any atom is -0.497 e. The first kappa shape index (κ1) is 15.2. The molecule has 0 fully saturated rings. The standard InChI is InChI=1S/C15H14N2O3S/c1-20-13-5-4-11(3-2-8-18)12(9-13)10-21-15-16-7-6-14(19)17-15/h4-7,9,18H,8,10H2,1H3,(H,16,17,19). The second-order valence-corrected chi connectivity index (χ2v) is 4.97. The molecule has 0 amide bonds. The maximum atomic E-state index is 11.2. The van der Waals surface area contributed by atoms with Gasteiger partial charge in [-0.15, -0.1) is 0 Å². The van der Waals surface area contributed by atoms with Crippen LogP contribution in [0.2, 0.25) is 0 Å². The van der Waals surface area contributed by atoms with Crippen molar-refractivity contribution in [1.29, 1.82) is 0 Å². The van der Waals surface area contributed by atoms with Crippen molar-refractivity contribution in [3.8, 4) is 17.6 Å². The van der Waals surface area contributed by atoms with E-state index in [0.29, 0.717) is 10.9 Å². The number of H-pyrrole nitrogens is 1. The number of aliphatic hydroxyl groups excluding tert-OH is 1. The fraction of sp³-hybridized carbons (Fsp3) is 0.200. The van der Waals surface area contributed by atoms with Crippen LogP contribution in [0.3, 0.4) is 0 Å². The normalized spacial score (nSPS) is 9.81. The number of hydrogen-bond donors (Lipinski definition) is 2. The van der Waals surface area contributed by atoms with Crippen LogP contribution in [0.1, 0.15) is 11.1 Å². The fourth-order valence-electron chi connectivity index (χ4n) is 1.64. The number of rotatable bonds is 4. The molecule has 0 radical (unpaired) electrons. The van der Waals surface area contributed by atoms with E-state index < -0.39 is 0 Å². The van der Waals surface area contributed by atoms with Gasteiger partial charge in [0.05, 0.1) is 7.11 Å². The lowest BCUT2D eigenvalue weighted by Crippen LogP contribution is -2.05. The third kappa shape index (κ3) is 4.38. The number of ether oxygens (including phenoxy) is 1. The Morgan fingerprint density at radius 3 is 3.00 bits per heavy atom. The number of methoxy groups -OCH3 is 1. The van der Waals surface area contributed by atoms with Crippen LogP contribution in [-0.2, 0) is 5.75 Å². The first-order valence-corrected chi connectivity index (χ1v) is 7.16. The summed E-state index contributed by atoms with van der Waals surface area (Å²) in [5, 5.41) is 9.35. The van der Waals surface area contributed by atoms with Gasteiger partial charge >= 0.3 is 0 Å². The van der Waals surface area contributed by atoms with Gasteiger partial charge in [0.2, 0.25) is 0 Å². The summed E-state index contributed by atoms with van der Waals surface area (Å²) in [4.78, 5) is 18.0. The van der Waals surface area contributed by atoms with E-state index in [0.717, 1.165) is 16.9 Å². The van der Waals surface area contributed by atoms with Crippen molar-refractivity contribution >= 4 is 11.8 Å². The average molecular weight is 302 g/mol. The Bertz CT molecular complexity index is 731. The minimum atomic E-state index is -0.188. The number of thioether (sulfide) groups is 1. The van der Waals surface area contributed by atoms with Gasteiger partial charge in [0.25, 0.3) is 5.56 Å². The van der Waals surface area contributed by atoms with Crippen LogP contribution in [0.5, 0.6) is 5.75 Å². The number of nitrogens with zero attached hydrogens (tertiary/aromatic N) is 1. The third-order valence-corrected chi connectivity index (χ3v) is 3.56. The number of hydrogen-bond acceptors (Lipinski definition) is 5. The second-order valence-electron chi connectivity index (χ2n) is 4.01. The van der Waals surface area contributed by atoms with E-state index in [1.807, 2.05) is 18.2 Å². The molecular weight excluding hydrogens is 288 g/mol. The molecule has 5 nitrogen and oxygen atoms in total. The van der Waals surface area contributed by atoms with Crippen molar-refractivity contribution < 1.29 is 9.84 Å². The zero-order chi connectivity index (χ0) is 15.1. The van der Waals surface area contributed by atoms with Crippen molar-refractivity contribution in [2.45, 2.75) is 10.9 Å². The van der Waals surface area contributed by atoms with E-state index >= 15 is 0 Å². The molecule has 108 valence electrons. The topological polar surface area (TPSA) is 75.2 Å². The Balaban J connectivity index is 2.22. The number of aliphatic hydroxyl groups is 1. The molecule has 1 aromatic carbocycles. The predicted octanol–water partition coefficient (Wildman–Crippen LogP) is 1.41. The highest BCUT2D eigenvalue weighted by atomic mass is 32.2. The van der Waals surface area contributed by atoms with Gasteiger partial charge in [-0.05, 0) is 23.8 Å². The Morgan fingerprint density at radius 1 is 1.43 bits per heavy atom. The summed E-state index contributed by atoms with van der Waals surface area (Å²) >= 11 is 1.40. The average Bonchev–Trinajstić information content (AvgIpc) is 2.51. The number of aromatic amines is 1. The molecule has 2 N–H and O–H groups in total. The lowest BCUT2D eigenvalue weighted by atomic mass is 10.1. The van der Waals surface area contributed by atoms with E-state index in [1.165, 1.54) is 24.0 Å². The third-order valence-electron chi connectivity index (χ3n) is 2.63. The Morgan fingerprint density at radius 2 is 2.29 bits per heavy atom. The van der Waals surface area contributed by atoms with Gasteiger partial charge in [-0.2, -0.15) is 0 Å². The number of nitrogens with one attached hydrogen (secondary N) is 1. The molecule has 2 aromatic rings. The van der Waals surface area contributed by atoms with Crippen LogP contribution in [0, 0.1) is 11.8 Å². The van der Waals surface area contributed by atoms with E-state index in [-0.39, 0.29) is 12.2 Å². The van der Waals surface area contributed by atoms with Gasteiger partial charge in [0, 0.05) is 23.6 Å². The Kier molecular flexibility index (Phi) is 5.43. The van der Waals surface area contributed by atoms with Crippen molar-refractivity contribution in [2.24, 2.45) is 0 Å². The summed E-state index contributed by atoms with van der Waals surface area (Å²) in [5.74, 6) is 6.85. The highest BCUT2D eigenvalue weighted by Crippen LogP contribution is 2.24. The van der Waals surface area contributed by atoms with Gasteiger partial charge in [-0.25, -0.2) is 4.98 Å². The summed E-state index contributed by atoms with van der Waals surface area (Å²) < 4.78 is 5.21. The highest BCUT2D eigenvalue weighted by molar-refractivity contribution is 7.98. The summed E-state index contributed by atoms with van der Waals surface area (Å²) in [6.07, 6.45) is 1.47. The Labute approximate surface area is 126 Å². The van der Waals surface area contributed by atoms with Crippen LogP contribution < -0.4 is 10.3 Å². The van der Waals surface area contributed by atoms with Crippen LogP contribution in [0.15, 0.2) is 40.4 Å². The molecule has 0 unspecified atom stereocenters. The SMILES string of the molecule is COc1ccc(C#CCO)c(CSc2nccc(=O)[nH]2)c1. The number of benzene rings is 1. The molecule has 0 spiro atoms.